The van der Waals surface area contributed by atoms with Crippen LogP contribution in [0.1, 0.15) is 21.6 Å². The first kappa shape index (κ1) is 9.86. The number of fused-ring (bicyclic) bond motifs is 1. The second-order valence-electron chi connectivity index (χ2n) is 3.49. The lowest BCUT2D eigenvalue weighted by Crippen LogP contribution is -1.95. The molecule has 2 heterocycles. The molecule has 78 valence electrons. The van der Waals surface area contributed by atoms with Gasteiger partial charge in [0.2, 0.25) is 0 Å². The van der Waals surface area contributed by atoms with E-state index in [0.29, 0.717) is 12.3 Å². The minimum atomic E-state index is 0.443. The van der Waals surface area contributed by atoms with Crippen molar-refractivity contribution in [3.8, 4) is 0 Å². The summed E-state index contributed by atoms with van der Waals surface area (Å²) in [6.07, 6.45) is 4.40. The normalized spacial score (nSPS) is 10.8. The fraction of sp³-hybridized carbons (Fsp3) is 0.273. The molecule has 4 heteroatoms. The number of aromatic nitrogens is 2. The van der Waals surface area contributed by atoms with Crippen LogP contribution < -0.4 is 0 Å². The van der Waals surface area contributed by atoms with E-state index in [1.165, 1.54) is 0 Å². The summed E-state index contributed by atoms with van der Waals surface area (Å²) in [4.78, 5) is 14.8. The largest absolute Gasteiger partial charge is 0.380 e. The van der Waals surface area contributed by atoms with Crippen molar-refractivity contribution in [1.82, 2.24) is 9.38 Å². The van der Waals surface area contributed by atoms with E-state index in [1.54, 1.807) is 13.3 Å². The minimum absolute atomic E-state index is 0.443. The van der Waals surface area contributed by atoms with Gasteiger partial charge in [-0.15, -0.1) is 0 Å². The van der Waals surface area contributed by atoms with Gasteiger partial charge in [-0.25, -0.2) is 4.98 Å². The Hall–Kier alpha value is -1.68. The predicted molar refractivity (Wildman–Crippen MR) is 56.0 cm³/mol. The van der Waals surface area contributed by atoms with Crippen LogP contribution in [-0.4, -0.2) is 22.8 Å². The number of aryl methyl sites for hydroxylation is 1. The number of carbonyl (C=O) groups excluding carboxylic acids is 1. The average molecular weight is 204 g/mol. The summed E-state index contributed by atoms with van der Waals surface area (Å²) in [6, 6.07) is 2.01. The molecular weight excluding hydrogens is 192 g/mol. The number of pyridine rings is 1. The van der Waals surface area contributed by atoms with Gasteiger partial charge in [-0.05, 0) is 18.6 Å². The summed E-state index contributed by atoms with van der Waals surface area (Å²) < 4.78 is 6.95. The molecule has 0 N–H and O–H groups in total. The highest BCUT2D eigenvalue weighted by atomic mass is 16.5. The van der Waals surface area contributed by atoms with E-state index < -0.39 is 0 Å². The van der Waals surface area contributed by atoms with E-state index >= 15 is 0 Å². The summed E-state index contributed by atoms with van der Waals surface area (Å²) in [7, 11) is 1.64. The smallest absolute Gasteiger partial charge is 0.170 e. The third kappa shape index (κ3) is 1.76. The van der Waals surface area contributed by atoms with Crippen LogP contribution in [0.4, 0.5) is 0 Å². The Morgan fingerprint density at radius 2 is 2.33 bits per heavy atom. The monoisotopic (exact) mass is 204 g/mol. The highest BCUT2D eigenvalue weighted by molar-refractivity contribution is 5.73. The first-order valence-corrected chi connectivity index (χ1v) is 4.67. The standard InChI is InChI=1S/C11H12N2O2/c1-8-3-9(7-15-2)11-12-10(6-14)5-13(11)4-8/h3-6H,7H2,1-2H3. The Bertz CT molecular complexity index is 503. The first-order chi connectivity index (χ1) is 7.24. The van der Waals surface area contributed by atoms with Crippen LogP contribution >= 0.6 is 0 Å². The molecule has 0 saturated heterocycles. The lowest BCUT2D eigenvalue weighted by atomic mass is 10.2. The summed E-state index contributed by atoms with van der Waals surface area (Å²) in [5.41, 5.74) is 3.33. The van der Waals surface area contributed by atoms with Crippen molar-refractivity contribution >= 4 is 11.9 Å². The van der Waals surface area contributed by atoms with Gasteiger partial charge in [-0.2, -0.15) is 0 Å². The molecule has 0 unspecified atom stereocenters. The topological polar surface area (TPSA) is 43.6 Å². The van der Waals surface area contributed by atoms with Gasteiger partial charge in [-0.1, -0.05) is 0 Å². The molecule has 0 saturated carbocycles. The van der Waals surface area contributed by atoms with Crippen molar-refractivity contribution in [2.45, 2.75) is 13.5 Å². The van der Waals surface area contributed by atoms with Gasteiger partial charge in [0.05, 0.1) is 6.61 Å². The quantitative estimate of drug-likeness (QED) is 0.713. The summed E-state index contributed by atoms with van der Waals surface area (Å²) in [5, 5.41) is 0. The lowest BCUT2D eigenvalue weighted by Gasteiger charge is -2.03. The number of hydrogen-bond acceptors (Lipinski definition) is 3. The number of rotatable bonds is 3. The van der Waals surface area contributed by atoms with E-state index in [9.17, 15) is 4.79 Å². The molecule has 0 spiro atoms. The molecule has 2 aromatic rings. The van der Waals surface area contributed by atoms with Gasteiger partial charge in [0.15, 0.2) is 6.29 Å². The van der Waals surface area contributed by atoms with Gasteiger partial charge in [-0.3, -0.25) is 4.79 Å². The number of imidazole rings is 1. The molecule has 0 fully saturated rings. The van der Waals surface area contributed by atoms with E-state index in [-0.39, 0.29) is 0 Å². The number of methoxy groups -OCH3 is 1. The Kier molecular flexibility index (Phi) is 2.51. The molecule has 0 amide bonds. The molecule has 4 nitrogen and oxygen atoms in total. The highest BCUT2D eigenvalue weighted by Gasteiger charge is 2.06. The van der Waals surface area contributed by atoms with Crippen molar-refractivity contribution in [3.63, 3.8) is 0 Å². The fourth-order valence-electron chi connectivity index (χ4n) is 1.66. The molecule has 0 aliphatic heterocycles. The number of hydrogen-bond donors (Lipinski definition) is 0. The zero-order chi connectivity index (χ0) is 10.8. The van der Waals surface area contributed by atoms with Gasteiger partial charge in [0.25, 0.3) is 0 Å². The molecular formula is C11H12N2O2. The van der Waals surface area contributed by atoms with Crippen LogP contribution in [0.3, 0.4) is 0 Å². The summed E-state index contributed by atoms with van der Waals surface area (Å²) in [6.45, 7) is 2.50. The van der Waals surface area contributed by atoms with Crippen molar-refractivity contribution < 1.29 is 9.53 Å². The number of ether oxygens (including phenoxy) is 1. The first-order valence-electron chi connectivity index (χ1n) is 4.67. The van der Waals surface area contributed by atoms with Gasteiger partial charge < -0.3 is 9.14 Å². The summed E-state index contributed by atoms with van der Waals surface area (Å²) >= 11 is 0. The fourth-order valence-corrected chi connectivity index (χ4v) is 1.66. The van der Waals surface area contributed by atoms with Crippen molar-refractivity contribution in [2.24, 2.45) is 0 Å². The molecule has 0 aliphatic carbocycles. The maximum Gasteiger partial charge on any atom is 0.170 e. The van der Waals surface area contributed by atoms with E-state index in [0.717, 1.165) is 23.1 Å². The number of aldehydes is 1. The highest BCUT2D eigenvalue weighted by Crippen LogP contribution is 2.14. The third-order valence-electron chi connectivity index (χ3n) is 2.20. The van der Waals surface area contributed by atoms with Crippen LogP contribution in [0.5, 0.6) is 0 Å². The molecule has 0 aliphatic rings. The SMILES string of the molecule is COCc1cc(C)cn2cc(C=O)nc12. The summed E-state index contributed by atoms with van der Waals surface area (Å²) in [5.74, 6) is 0. The molecule has 0 atom stereocenters. The maximum absolute atomic E-state index is 10.6. The van der Waals surface area contributed by atoms with Crippen molar-refractivity contribution in [3.05, 3.63) is 35.3 Å². The van der Waals surface area contributed by atoms with E-state index in [2.05, 4.69) is 4.98 Å². The molecule has 0 radical (unpaired) electrons. The van der Waals surface area contributed by atoms with Crippen molar-refractivity contribution in [1.29, 1.82) is 0 Å². The maximum atomic E-state index is 10.6. The second-order valence-corrected chi connectivity index (χ2v) is 3.49. The molecule has 0 aromatic carbocycles. The number of nitrogens with zero attached hydrogens (tertiary/aromatic N) is 2. The molecule has 0 bridgehead atoms. The van der Waals surface area contributed by atoms with Crippen LogP contribution in [0.25, 0.3) is 5.65 Å². The zero-order valence-corrected chi connectivity index (χ0v) is 8.73. The predicted octanol–water partition coefficient (Wildman–Crippen LogP) is 1.60. The number of carbonyl (C=O) groups is 1. The van der Waals surface area contributed by atoms with Crippen molar-refractivity contribution in [2.75, 3.05) is 7.11 Å². The average Bonchev–Trinajstić information content (AvgIpc) is 2.61. The Morgan fingerprint density at radius 1 is 1.53 bits per heavy atom. The third-order valence-corrected chi connectivity index (χ3v) is 2.20. The Balaban J connectivity index is 2.66. The van der Waals surface area contributed by atoms with E-state index in [1.807, 2.05) is 23.6 Å². The van der Waals surface area contributed by atoms with Gasteiger partial charge in [0, 0.05) is 25.1 Å². The Labute approximate surface area is 87.5 Å². The van der Waals surface area contributed by atoms with Crippen LogP contribution in [-0.2, 0) is 11.3 Å². The second kappa shape index (κ2) is 3.82. The Morgan fingerprint density at radius 3 is 3.00 bits per heavy atom. The van der Waals surface area contributed by atoms with Crippen LogP contribution in [0.15, 0.2) is 18.5 Å². The van der Waals surface area contributed by atoms with E-state index in [4.69, 9.17) is 4.74 Å². The van der Waals surface area contributed by atoms with Crippen LogP contribution in [0.2, 0.25) is 0 Å². The minimum Gasteiger partial charge on any atom is -0.380 e. The molecule has 15 heavy (non-hydrogen) atoms. The van der Waals surface area contributed by atoms with Gasteiger partial charge >= 0.3 is 0 Å². The molecule has 2 aromatic heterocycles. The van der Waals surface area contributed by atoms with Gasteiger partial charge in [0.1, 0.15) is 11.3 Å². The molecule has 2 rings (SSSR count). The lowest BCUT2D eigenvalue weighted by molar-refractivity contribution is 0.111. The van der Waals surface area contributed by atoms with Crippen LogP contribution in [0, 0.1) is 6.92 Å². The zero-order valence-electron chi connectivity index (χ0n) is 8.73.